The second kappa shape index (κ2) is 6.98. The van der Waals surface area contributed by atoms with Crippen molar-refractivity contribution in [2.45, 2.75) is 40.2 Å². The van der Waals surface area contributed by atoms with Gasteiger partial charge in [0.2, 0.25) is 0 Å². The van der Waals surface area contributed by atoms with Gasteiger partial charge >= 0.3 is 5.97 Å². The number of ether oxygens (including phenoxy) is 1. The molecule has 1 aromatic heterocycles. The molecule has 0 saturated heterocycles. The second-order valence-corrected chi connectivity index (χ2v) is 6.82. The predicted molar refractivity (Wildman–Crippen MR) is 95.1 cm³/mol. The number of amides is 1. The average molecular weight is 341 g/mol. The van der Waals surface area contributed by atoms with E-state index in [0.717, 1.165) is 22.0 Å². The zero-order chi connectivity index (χ0) is 18.8. The number of hydrogen-bond donors (Lipinski definition) is 2. The molecular formula is C19H23N3O3. The molecule has 2 aromatic rings. The zero-order valence-corrected chi connectivity index (χ0v) is 15.2. The molecule has 25 heavy (non-hydrogen) atoms. The number of aryl methyl sites for hydroxylation is 2. The summed E-state index contributed by atoms with van der Waals surface area (Å²) in [6.07, 6.45) is 0. The van der Waals surface area contributed by atoms with Gasteiger partial charge < -0.3 is 15.0 Å². The fourth-order valence-corrected chi connectivity index (χ4v) is 2.55. The highest BCUT2D eigenvalue weighted by molar-refractivity contribution is 5.97. The van der Waals surface area contributed by atoms with Crippen LogP contribution in [0.15, 0.2) is 18.2 Å². The molecule has 0 spiro atoms. The molecule has 0 saturated carbocycles. The summed E-state index contributed by atoms with van der Waals surface area (Å²) in [5.74, 6) is -1.18. The van der Waals surface area contributed by atoms with E-state index >= 15 is 0 Å². The van der Waals surface area contributed by atoms with Crippen LogP contribution >= 0.6 is 0 Å². The molecule has 1 atom stereocenters. The second-order valence-electron chi connectivity index (χ2n) is 6.82. The lowest BCUT2D eigenvalue weighted by Gasteiger charge is -2.27. The van der Waals surface area contributed by atoms with Gasteiger partial charge in [0, 0.05) is 10.9 Å². The quantitative estimate of drug-likeness (QED) is 0.817. The SMILES string of the molecule is Cc1cc(C)c2cc(C(=O)OCC(=O)N[C@@](C)(C#N)C(C)C)[nH]c2c1. The maximum Gasteiger partial charge on any atom is 0.355 e. The van der Waals surface area contributed by atoms with E-state index in [-0.39, 0.29) is 5.92 Å². The first-order valence-electron chi connectivity index (χ1n) is 8.15. The number of aromatic amines is 1. The van der Waals surface area contributed by atoms with Crippen LogP contribution in [0.5, 0.6) is 0 Å². The Hall–Kier alpha value is -2.81. The van der Waals surface area contributed by atoms with Crippen LogP contribution in [0.3, 0.4) is 0 Å². The number of carbonyl (C=O) groups excluding carboxylic acids is 2. The van der Waals surface area contributed by atoms with Crippen molar-refractivity contribution >= 4 is 22.8 Å². The molecule has 0 unspecified atom stereocenters. The lowest BCUT2D eigenvalue weighted by Crippen LogP contribution is -2.50. The molecule has 0 aliphatic carbocycles. The molecule has 0 aliphatic heterocycles. The fraction of sp³-hybridized carbons (Fsp3) is 0.421. The lowest BCUT2D eigenvalue weighted by atomic mass is 9.90. The molecule has 0 aliphatic rings. The topological polar surface area (TPSA) is 95.0 Å². The highest BCUT2D eigenvalue weighted by Crippen LogP contribution is 2.22. The number of carbonyl (C=O) groups is 2. The van der Waals surface area contributed by atoms with E-state index in [1.807, 2.05) is 39.8 Å². The summed E-state index contributed by atoms with van der Waals surface area (Å²) in [7, 11) is 0. The van der Waals surface area contributed by atoms with Crippen molar-refractivity contribution < 1.29 is 14.3 Å². The van der Waals surface area contributed by atoms with Crippen molar-refractivity contribution in [1.29, 1.82) is 5.26 Å². The first-order chi connectivity index (χ1) is 11.7. The summed E-state index contributed by atoms with van der Waals surface area (Å²) in [6, 6.07) is 7.79. The van der Waals surface area contributed by atoms with Crippen molar-refractivity contribution in [3.8, 4) is 6.07 Å². The minimum absolute atomic E-state index is 0.0722. The number of nitrogens with one attached hydrogen (secondary N) is 2. The molecule has 1 heterocycles. The number of nitriles is 1. The summed E-state index contributed by atoms with van der Waals surface area (Å²) in [5.41, 5.74) is 2.30. The van der Waals surface area contributed by atoms with Crippen LogP contribution in [-0.4, -0.2) is 29.0 Å². The third-order valence-electron chi connectivity index (χ3n) is 4.43. The van der Waals surface area contributed by atoms with Gasteiger partial charge in [-0.05, 0) is 49.9 Å². The Morgan fingerprint density at radius 2 is 2.00 bits per heavy atom. The number of benzene rings is 1. The summed E-state index contributed by atoms with van der Waals surface area (Å²) in [5, 5.41) is 12.8. The van der Waals surface area contributed by atoms with Gasteiger partial charge in [0.25, 0.3) is 5.91 Å². The number of aromatic nitrogens is 1. The van der Waals surface area contributed by atoms with Crippen LogP contribution in [0.1, 0.15) is 42.4 Å². The zero-order valence-electron chi connectivity index (χ0n) is 15.2. The van der Waals surface area contributed by atoms with Gasteiger partial charge in [-0.2, -0.15) is 5.26 Å². The van der Waals surface area contributed by atoms with Crippen molar-refractivity contribution in [2.75, 3.05) is 6.61 Å². The number of fused-ring (bicyclic) bond motifs is 1. The molecule has 132 valence electrons. The first kappa shape index (κ1) is 18.5. The normalized spacial score (nSPS) is 13.3. The Morgan fingerprint density at radius 1 is 1.32 bits per heavy atom. The summed E-state index contributed by atoms with van der Waals surface area (Å²) < 4.78 is 5.07. The summed E-state index contributed by atoms with van der Waals surface area (Å²) in [6.45, 7) is 8.84. The van der Waals surface area contributed by atoms with Crippen LogP contribution in [0.2, 0.25) is 0 Å². The van der Waals surface area contributed by atoms with E-state index in [4.69, 9.17) is 4.74 Å². The van der Waals surface area contributed by atoms with Gasteiger partial charge in [0.1, 0.15) is 11.2 Å². The number of rotatable bonds is 5. The van der Waals surface area contributed by atoms with E-state index in [1.54, 1.807) is 13.0 Å². The number of hydrogen-bond acceptors (Lipinski definition) is 4. The Labute approximate surface area is 147 Å². The Balaban J connectivity index is 2.05. The third kappa shape index (κ3) is 4.00. The van der Waals surface area contributed by atoms with E-state index in [0.29, 0.717) is 5.69 Å². The van der Waals surface area contributed by atoms with Crippen LogP contribution in [0, 0.1) is 31.1 Å². The molecule has 6 nitrogen and oxygen atoms in total. The van der Waals surface area contributed by atoms with Crippen LogP contribution in [0.4, 0.5) is 0 Å². The van der Waals surface area contributed by atoms with Gasteiger partial charge in [-0.1, -0.05) is 19.9 Å². The van der Waals surface area contributed by atoms with Gasteiger partial charge in [-0.3, -0.25) is 4.79 Å². The van der Waals surface area contributed by atoms with Crippen LogP contribution in [-0.2, 0) is 9.53 Å². The Morgan fingerprint density at radius 3 is 2.60 bits per heavy atom. The Bertz CT molecular complexity index is 861. The molecule has 1 amide bonds. The molecule has 0 fully saturated rings. The van der Waals surface area contributed by atoms with E-state index in [1.165, 1.54) is 0 Å². The van der Waals surface area contributed by atoms with E-state index < -0.39 is 24.0 Å². The van der Waals surface area contributed by atoms with Crippen LogP contribution < -0.4 is 5.32 Å². The molecular weight excluding hydrogens is 318 g/mol. The van der Waals surface area contributed by atoms with Gasteiger partial charge in [-0.15, -0.1) is 0 Å². The minimum Gasteiger partial charge on any atom is -0.451 e. The number of nitrogens with zero attached hydrogens (tertiary/aromatic N) is 1. The van der Waals surface area contributed by atoms with Gasteiger partial charge in [0.15, 0.2) is 6.61 Å². The van der Waals surface area contributed by atoms with Crippen molar-refractivity contribution in [3.63, 3.8) is 0 Å². The van der Waals surface area contributed by atoms with Crippen molar-refractivity contribution in [1.82, 2.24) is 10.3 Å². The van der Waals surface area contributed by atoms with E-state index in [9.17, 15) is 14.9 Å². The molecule has 6 heteroatoms. The largest absolute Gasteiger partial charge is 0.451 e. The monoisotopic (exact) mass is 341 g/mol. The molecule has 0 bridgehead atoms. The molecule has 0 radical (unpaired) electrons. The molecule has 2 rings (SSSR count). The highest BCUT2D eigenvalue weighted by Gasteiger charge is 2.30. The fourth-order valence-electron chi connectivity index (χ4n) is 2.55. The molecule has 2 N–H and O–H groups in total. The van der Waals surface area contributed by atoms with Crippen LogP contribution in [0.25, 0.3) is 10.9 Å². The maximum absolute atomic E-state index is 12.2. The van der Waals surface area contributed by atoms with Crippen molar-refractivity contribution in [3.05, 3.63) is 35.0 Å². The predicted octanol–water partition coefficient (Wildman–Crippen LogP) is 3.00. The average Bonchev–Trinajstić information content (AvgIpc) is 2.96. The number of H-pyrrole nitrogens is 1. The maximum atomic E-state index is 12.2. The summed E-state index contributed by atoms with van der Waals surface area (Å²) in [4.78, 5) is 27.2. The third-order valence-corrected chi connectivity index (χ3v) is 4.43. The summed E-state index contributed by atoms with van der Waals surface area (Å²) >= 11 is 0. The van der Waals surface area contributed by atoms with Gasteiger partial charge in [-0.25, -0.2) is 4.79 Å². The number of esters is 1. The lowest BCUT2D eigenvalue weighted by molar-refractivity contribution is -0.125. The van der Waals surface area contributed by atoms with Gasteiger partial charge in [0.05, 0.1) is 6.07 Å². The molecule has 1 aromatic carbocycles. The minimum atomic E-state index is -1.00. The first-order valence-corrected chi connectivity index (χ1v) is 8.15. The van der Waals surface area contributed by atoms with E-state index in [2.05, 4.69) is 16.4 Å². The Kier molecular flexibility index (Phi) is 5.17. The highest BCUT2D eigenvalue weighted by atomic mass is 16.5. The smallest absolute Gasteiger partial charge is 0.355 e. The standard InChI is InChI=1S/C19H23N3O3/c1-11(2)19(5,10-20)22-17(23)9-25-18(24)16-8-14-13(4)6-12(3)7-15(14)21-16/h6-8,11,21H,9H2,1-5H3,(H,22,23)/t19-/m0/s1. The van der Waals surface area contributed by atoms with Crippen molar-refractivity contribution in [2.24, 2.45) is 5.92 Å².